The molecule has 0 N–H and O–H groups in total. The van der Waals surface area contributed by atoms with Gasteiger partial charge in [-0.15, -0.1) is 0 Å². The molecule has 6 heteroatoms. The van der Waals surface area contributed by atoms with Gasteiger partial charge in [-0.25, -0.2) is 4.79 Å². The molecule has 0 aromatic heterocycles. The monoisotopic (exact) mass is 310 g/mol. The van der Waals surface area contributed by atoms with Gasteiger partial charge in [-0.2, -0.15) is 13.2 Å². The third kappa shape index (κ3) is 3.21. The van der Waals surface area contributed by atoms with Gasteiger partial charge in [0.1, 0.15) is 5.75 Å². The zero-order valence-corrected chi connectivity index (χ0v) is 11.9. The summed E-state index contributed by atoms with van der Waals surface area (Å²) in [7, 11) is 2.68. The number of rotatable bonds is 3. The summed E-state index contributed by atoms with van der Waals surface area (Å²) in [5, 5.41) is 0. The maximum atomic E-state index is 12.6. The molecule has 0 spiro atoms. The van der Waals surface area contributed by atoms with Gasteiger partial charge in [0.25, 0.3) is 0 Å². The highest BCUT2D eigenvalue weighted by Gasteiger charge is 2.30. The second kappa shape index (κ2) is 6.09. The topological polar surface area (TPSA) is 35.5 Å². The van der Waals surface area contributed by atoms with Crippen molar-refractivity contribution in [2.24, 2.45) is 0 Å². The molecule has 0 aliphatic carbocycles. The van der Waals surface area contributed by atoms with Crippen molar-refractivity contribution in [1.82, 2.24) is 0 Å². The molecule has 0 unspecified atom stereocenters. The number of alkyl halides is 3. The standard InChI is InChI=1S/C16H13F3O3/c1-21-14-9-11(15(20)22-2)5-8-13(14)10-3-6-12(7-4-10)16(17,18)19/h3-9H,1-2H3. The van der Waals surface area contributed by atoms with E-state index in [4.69, 9.17) is 4.74 Å². The van der Waals surface area contributed by atoms with E-state index in [0.717, 1.165) is 12.1 Å². The van der Waals surface area contributed by atoms with Crippen LogP contribution in [0.5, 0.6) is 5.75 Å². The Hall–Kier alpha value is -2.50. The Kier molecular flexibility index (Phi) is 4.40. The number of hydrogen-bond donors (Lipinski definition) is 0. The smallest absolute Gasteiger partial charge is 0.416 e. The molecule has 0 saturated carbocycles. The summed E-state index contributed by atoms with van der Waals surface area (Å²) in [6.07, 6.45) is -4.38. The summed E-state index contributed by atoms with van der Waals surface area (Å²) in [5.41, 5.74) is 0.724. The first-order valence-electron chi connectivity index (χ1n) is 6.31. The van der Waals surface area contributed by atoms with Crippen molar-refractivity contribution >= 4 is 5.97 Å². The van der Waals surface area contributed by atoms with Crippen LogP contribution in [0, 0.1) is 0 Å². The summed E-state index contributed by atoms with van der Waals surface area (Å²) in [5.74, 6) is -0.139. The van der Waals surface area contributed by atoms with Crippen molar-refractivity contribution in [2.75, 3.05) is 14.2 Å². The fraction of sp³-hybridized carbons (Fsp3) is 0.188. The molecule has 2 rings (SSSR count). The van der Waals surface area contributed by atoms with Gasteiger partial charge in [0, 0.05) is 5.56 Å². The Morgan fingerprint density at radius 1 is 1.00 bits per heavy atom. The zero-order valence-electron chi connectivity index (χ0n) is 11.9. The SMILES string of the molecule is COC(=O)c1ccc(-c2ccc(C(F)(F)F)cc2)c(OC)c1. The average Bonchev–Trinajstić information content (AvgIpc) is 2.52. The summed E-state index contributed by atoms with van der Waals surface area (Å²) >= 11 is 0. The van der Waals surface area contributed by atoms with Crippen molar-refractivity contribution < 1.29 is 27.4 Å². The first-order chi connectivity index (χ1) is 10.4. The minimum atomic E-state index is -4.38. The van der Waals surface area contributed by atoms with Gasteiger partial charge in [-0.05, 0) is 35.9 Å². The Labute approximate surface area is 125 Å². The van der Waals surface area contributed by atoms with Gasteiger partial charge in [0.2, 0.25) is 0 Å². The molecule has 0 radical (unpaired) electrons. The van der Waals surface area contributed by atoms with Crippen molar-refractivity contribution in [3.8, 4) is 16.9 Å². The van der Waals surface area contributed by atoms with Crippen LogP contribution in [0.2, 0.25) is 0 Å². The second-order valence-corrected chi connectivity index (χ2v) is 4.48. The van der Waals surface area contributed by atoms with Crippen molar-refractivity contribution in [1.29, 1.82) is 0 Å². The van der Waals surface area contributed by atoms with E-state index in [1.807, 2.05) is 0 Å². The Bertz CT molecular complexity index is 676. The molecule has 0 heterocycles. The summed E-state index contributed by atoms with van der Waals surface area (Å²) in [6, 6.07) is 9.34. The lowest BCUT2D eigenvalue weighted by Gasteiger charge is -2.12. The molecule has 0 atom stereocenters. The van der Waals surface area contributed by atoms with Crippen LogP contribution in [0.1, 0.15) is 15.9 Å². The van der Waals surface area contributed by atoms with Crippen molar-refractivity contribution in [3.63, 3.8) is 0 Å². The first-order valence-corrected chi connectivity index (χ1v) is 6.31. The summed E-state index contributed by atoms with van der Waals surface area (Å²) in [6.45, 7) is 0. The fourth-order valence-corrected chi connectivity index (χ4v) is 2.01. The molecule has 22 heavy (non-hydrogen) atoms. The van der Waals surface area contributed by atoms with Gasteiger partial charge in [-0.3, -0.25) is 0 Å². The maximum Gasteiger partial charge on any atom is 0.416 e. The molecule has 3 nitrogen and oxygen atoms in total. The number of carbonyl (C=O) groups excluding carboxylic acids is 1. The van der Waals surface area contributed by atoms with E-state index in [2.05, 4.69) is 4.74 Å². The minimum Gasteiger partial charge on any atom is -0.496 e. The van der Waals surface area contributed by atoms with Crippen LogP contribution in [0.15, 0.2) is 42.5 Å². The lowest BCUT2D eigenvalue weighted by atomic mass is 10.0. The molecule has 0 fully saturated rings. The van der Waals surface area contributed by atoms with E-state index in [0.29, 0.717) is 22.4 Å². The number of halogens is 3. The molecule has 2 aromatic rings. The van der Waals surface area contributed by atoms with Gasteiger partial charge in [-0.1, -0.05) is 12.1 Å². The Balaban J connectivity index is 2.42. The van der Waals surface area contributed by atoms with Crippen LogP contribution >= 0.6 is 0 Å². The molecule has 0 aliphatic heterocycles. The van der Waals surface area contributed by atoms with Gasteiger partial charge >= 0.3 is 12.1 Å². The average molecular weight is 310 g/mol. The molecular weight excluding hydrogens is 297 g/mol. The van der Waals surface area contributed by atoms with Crippen LogP contribution in [-0.4, -0.2) is 20.2 Å². The predicted molar refractivity (Wildman–Crippen MR) is 74.8 cm³/mol. The number of carbonyl (C=O) groups is 1. The van der Waals surface area contributed by atoms with E-state index < -0.39 is 17.7 Å². The molecule has 116 valence electrons. The summed E-state index contributed by atoms with van der Waals surface area (Å²) in [4.78, 5) is 11.5. The van der Waals surface area contributed by atoms with Gasteiger partial charge in [0.15, 0.2) is 0 Å². The van der Waals surface area contributed by atoms with Crippen molar-refractivity contribution in [2.45, 2.75) is 6.18 Å². The lowest BCUT2D eigenvalue weighted by Crippen LogP contribution is -2.04. The van der Waals surface area contributed by atoms with E-state index in [1.54, 1.807) is 6.07 Å². The number of methoxy groups -OCH3 is 2. The molecule has 2 aromatic carbocycles. The zero-order chi connectivity index (χ0) is 16.3. The van der Waals surface area contributed by atoms with Crippen molar-refractivity contribution in [3.05, 3.63) is 53.6 Å². The third-order valence-electron chi connectivity index (χ3n) is 3.15. The highest BCUT2D eigenvalue weighted by Crippen LogP contribution is 2.34. The molecule has 0 bridgehead atoms. The lowest BCUT2D eigenvalue weighted by molar-refractivity contribution is -0.137. The van der Waals surface area contributed by atoms with Crippen LogP contribution in [0.25, 0.3) is 11.1 Å². The molecule has 0 aliphatic rings. The molecular formula is C16H13F3O3. The quantitative estimate of drug-likeness (QED) is 0.798. The first kappa shape index (κ1) is 15.9. The molecule has 0 amide bonds. The van der Waals surface area contributed by atoms with Crippen LogP contribution in [0.4, 0.5) is 13.2 Å². The normalized spacial score (nSPS) is 11.1. The Morgan fingerprint density at radius 2 is 1.64 bits per heavy atom. The predicted octanol–water partition coefficient (Wildman–Crippen LogP) is 4.17. The van der Waals surface area contributed by atoms with Crippen LogP contribution in [-0.2, 0) is 10.9 Å². The Morgan fingerprint density at radius 3 is 2.14 bits per heavy atom. The van der Waals surface area contributed by atoms with Gasteiger partial charge in [0.05, 0.1) is 25.3 Å². The number of ether oxygens (including phenoxy) is 2. The van der Waals surface area contributed by atoms with Crippen LogP contribution < -0.4 is 4.74 Å². The van der Waals surface area contributed by atoms with Crippen LogP contribution in [0.3, 0.4) is 0 Å². The van der Waals surface area contributed by atoms with E-state index in [-0.39, 0.29) is 0 Å². The van der Waals surface area contributed by atoms with Gasteiger partial charge < -0.3 is 9.47 Å². The third-order valence-corrected chi connectivity index (χ3v) is 3.15. The second-order valence-electron chi connectivity index (χ2n) is 4.48. The highest BCUT2D eigenvalue weighted by molar-refractivity contribution is 5.91. The number of benzene rings is 2. The number of esters is 1. The van der Waals surface area contributed by atoms with E-state index in [9.17, 15) is 18.0 Å². The van der Waals surface area contributed by atoms with E-state index in [1.165, 1.54) is 38.5 Å². The van der Waals surface area contributed by atoms with E-state index >= 15 is 0 Å². The largest absolute Gasteiger partial charge is 0.496 e. The highest BCUT2D eigenvalue weighted by atomic mass is 19.4. The number of hydrogen-bond acceptors (Lipinski definition) is 3. The minimum absolute atomic E-state index is 0.301. The fourth-order valence-electron chi connectivity index (χ4n) is 2.01. The summed E-state index contributed by atoms with van der Waals surface area (Å²) < 4.78 is 47.5. The molecule has 0 saturated heterocycles. The maximum absolute atomic E-state index is 12.6.